The van der Waals surface area contributed by atoms with Crippen molar-refractivity contribution in [3.05, 3.63) is 0 Å². The number of amides is 1. The number of aliphatic carboxylic acids is 1. The molecule has 0 spiro atoms. The summed E-state index contributed by atoms with van der Waals surface area (Å²) in [6.45, 7) is 6.16. The zero-order chi connectivity index (χ0) is 14.0. The second kappa shape index (κ2) is 5.51. The molecule has 0 aromatic heterocycles. The molecule has 19 heavy (non-hydrogen) atoms. The van der Waals surface area contributed by atoms with Gasteiger partial charge in [-0.05, 0) is 43.9 Å². The smallest absolute Gasteiger partial charge is 0.306 e. The van der Waals surface area contributed by atoms with Crippen LogP contribution in [0.15, 0.2) is 0 Å². The highest BCUT2D eigenvalue weighted by atomic mass is 16.4. The standard InChI is InChI=1S/C15H25NO3/c1-15(2)8-3-9-16(10-15)13(17)11-4-6-12(7-5-11)14(18)19/h11-12H,3-10H2,1-2H3,(H,18,19). The largest absolute Gasteiger partial charge is 0.481 e. The molecule has 2 rings (SSSR count). The quantitative estimate of drug-likeness (QED) is 0.836. The SMILES string of the molecule is CC1(C)CCCN(C(=O)C2CCC(C(=O)O)CC2)C1. The van der Waals surface area contributed by atoms with Gasteiger partial charge < -0.3 is 10.0 Å². The number of hydrogen-bond acceptors (Lipinski definition) is 2. The number of carbonyl (C=O) groups excluding carboxylic acids is 1. The number of piperidine rings is 1. The molecule has 2 aliphatic rings. The van der Waals surface area contributed by atoms with E-state index in [0.717, 1.165) is 32.4 Å². The number of carboxylic acid groups (broad SMARTS) is 1. The van der Waals surface area contributed by atoms with Crippen LogP contribution in [-0.2, 0) is 9.59 Å². The molecule has 0 atom stereocenters. The fraction of sp³-hybridized carbons (Fsp3) is 0.867. The molecule has 0 bridgehead atoms. The van der Waals surface area contributed by atoms with E-state index in [2.05, 4.69) is 13.8 Å². The summed E-state index contributed by atoms with van der Waals surface area (Å²) < 4.78 is 0. The second-order valence-corrected chi connectivity index (χ2v) is 6.91. The van der Waals surface area contributed by atoms with E-state index in [0.29, 0.717) is 12.8 Å². The zero-order valence-corrected chi connectivity index (χ0v) is 12.0. The van der Waals surface area contributed by atoms with E-state index in [1.807, 2.05) is 4.90 Å². The Balaban J connectivity index is 1.89. The molecule has 0 unspecified atom stereocenters. The predicted molar refractivity (Wildman–Crippen MR) is 72.7 cm³/mol. The van der Waals surface area contributed by atoms with Gasteiger partial charge in [0.25, 0.3) is 0 Å². The van der Waals surface area contributed by atoms with Gasteiger partial charge in [0.15, 0.2) is 0 Å². The highest BCUT2D eigenvalue weighted by Gasteiger charge is 2.35. The van der Waals surface area contributed by atoms with E-state index in [9.17, 15) is 9.59 Å². The lowest BCUT2D eigenvalue weighted by Gasteiger charge is -2.40. The summed E-state index contributed by atoms with van der Waals surface area (Å²) in [5.74, 6) is -0.618. The van der Waals surface area contributed by atoms with Gasteiger partial charge >= 0.3 is 5.97 Å². The molecule has 4 nitrogen and oxygen atoms in total. The molecule has 2 fully saturated rings. The summed E-state index contributed by atoms with van der Waals surface area (Å²) in [6.07, 6.45) is 5.07. The lowest BCUT2D eigenvalue weighted by Crippen LogP contribution is -2.46. The van der Waals surface area contributed by atoms with Gasteiger partial charge in [0.1, 0.15) is 0 Å². The number of nitrogens with zero attached hydrogens (tertiary/aromatic N) is 1. The third kappa shape index (κ3) is 3.48. The van der Waals surface area contributed by atoms with E-state index in [1.54, 1.807) is 0 Å². The van der Waals surface area contributed by atoms with Crippen LogP contribution < -0.4 is 0 Å². The maximum Gasteiger partial charge on any atom is 0.306 e. The average molecular weight is 267 g/mol. The molecule has 1 N–H and O–H groups in total. The summed E-state index contributed by atoms with van der Waals surface area (Å²) in [6, 6.07) is 0. The van der Waals surface area contributed by atoms with E-state index < -0.39 is 5.97 Å². The first-order valence-electron chi connectivity index (χ1n) is 7.41. The van der Waals surface area contributed by atoms with Crippen molar-refractivity contribution in [3.8, 4) is 0 Å². The molecule has 0 aromatic rings. The molecule has 1 saturated heterocycles. The third-order valence-corrected chi connectivity index (χ3v) is 4.64. The Hall–Kier alpha value is -1.06. The second-order valence-electron chi connectivity index (χ2n) is 6.91. The van der Waals surface area contributed by atoms with Crippen LogP contribution in [0.5, 0.6) is 0 Å². The van der Waals surface area contributed by atoms with Crippen molar-refractivity contribution in [2.45, 2.75) is 52.4 Å². The van der Waals surface area contributed by atoms with Crippen LogP contribution in [-0.4, -0.2) is 35.0 Å². The first-order chi connectivity index (χ1) is 8.89. The van der Waals surface area contributed by atoms with Crippen LogP contribution in [0.25, 0.3) is 0 Å². The van der Waals surface area contributed by atoms with Crippen LogP contribution >= 0.6 is 0 Å². The molecule has 1 aliphatic heterocycles. The summed E-state index contributed by atoms with van der Waals surface area (Å²) in [5, 5.41) is 8.99. The van der Waals surface area contributed by atoms with Crippen molar-refractivity contribution >= 4 is 11.9 Å². The minimum Gasteiger partial charge on any atom is -0.481 e. The molecule has 0 radical (unpaired) electrons. The van der Waals surface area contributed by atoms with Crippen molar-refractivity contribution in [3.63, 3.8) is 0 Å². The zero-order valence-electron chi connectivity index (χ0n) is 12.0. The van der Waals surface area contributed by atoms with Crippen molar-refractivity contribution in [1.29, 1.82) is 0 Å². The fourth-order valence-corrected chi connectivity index (χ4v) is 3.46. The highest BCUT2D eigenvalue weighted by Crippen LogP contribution is 2.33. The summed E-state index contributed by atoms with van der Waals surface area (Å²) >= 11 is 0. The minimum absolute atomic E-state index is 0.0597. The van der Waals surface area contributed by atoms with E-state index >= 15 is 0 Å². The number of carboxylic acids is 1. The van der Waals surface area contributed by atoms with Crippen LogP contribution in [0.1, 0.15) is 52.4 Å². The van der Waals surface area contributed by atoms with Crippen molar-refractivity contribution in [1.82, 2.24) is 4.90 Å². The Labute approximate surface area is 115 Å². The van der Waals surface area contributed by atoms with Crippen molar-refractivity contribution in [2.24, 2.45) is 17.3 Å². The van der Waals surface area contributed by atoms with Gasteiger partial charge in [-0.15, -0.1) is 0 Å². The third-order valence-electron chi connectivity index (χ3n) is 4.64. The molecule has 1 saturated carbocycles. The van der Waals surface area contributed by atoms with Crippen LogP contribution in [0.3, 0.4) is 0 Å². The molecule has 0 aromatic carbocycles. The van der Waals surface area contributed by atoms with E-state index in [4.69, 9.17) is 5.11 Å². The minimum atomic E-state index is -0.704. The monoisotopic (exact) mass is 267 g/mol. The fourth-order valence-electron chi connectivity index (χ4n) is 3.46. The summed E-state index contributed by atoms with van der Waals surface area (Å²) in [5.41, 5.74) is 0.228. The first kappa shape index (κ1) is 14.4. The average Bonchev–Trinajstić information content (AvgIpc) is 2.37. The van der Waals surface area contributed by atoms with Crippen LogP contribution in [0.2, 0.25) is 0 Å². The molecule has 1 aliphatic carbocycles. The Morgan fingerprint density at radius 1 is 1.11 bits per heavy atom. The van der Waals surface area contributed by atoms with Gasteiger partial charge in [0, 0.05) is 19.0 Å². The predicted octanol–water partition coefficient (Wildman–Crippen LogP) is 2.53. The number of hydrogen-bond donors (Lipinski definition) is 1. The van der Waals surface area contributed by atoms with E-state index in [-0.39, 0.29) is 23.2 Å². The topological polar surface area (TPSA) is 57.6 Å². The number of carbonyl (C=O) groups is 2. The maximum absolute atomic E-state index is 12.5. The number of rotatable bonds is 2. The molecule has 4 heteroatoms. The molecule has 1 heterocycles. The molecular formula is C15H25NO3. The molecule has 1 amide bonds. The van der Waals surface area contributed by atoms with Crippen molar-refractivity contribution < 1.29 is 14.7 Å². The molecule has 108 valence electrons. The van der Waals surface area contributed by atoms with Gasteiger partial charge in [0.2, 0.25) is 5.91 Å². The Bertz CT molecular complexity index is 356. The lowest BCUT2D eigenvalue weighted by atomic mass is 9.79. The van der Waals surface area contributed by atoms with Gasteiger partial charge in [-0.3, -0.25) is 9.59 Å². The Morgan fingerprint density at radius 2 is 1.68 bits per heavy atom. The first-order valence-corrected chi connectivity index (χ1v) is 7.41. The van der Waals surface area contributed by atoms with Gasteiger partial charge in [-0.1, -0.05) is 13.8 Å². The molecular weight excluding hydrogens is 242 g/mol. The summed E-state index contributed by atoms with van der Waals surface area (Å²) in [7, 11) is 0. The normalized spacial score (nSPS) is 30.9. The Kier molecular flexibility index (Phi) is 4.16. The van der Waals surface area contributed by atoms with Crippen molar-refractivity contribution in [2.75, 3.05) is 13.1 Å². The van der Waals surface area contributed by atoms with Crippen LogP contribution in [0, 0.1) is 17.3 Å². The summed E-state index contributed by atoms with van der Waals surface area (Å²) in [4.78, 5) is 25.4. The van der Waals surface area contributed by atoms with Crippen LogP contribution in [0.4, 0.5) is 0 Å². The maximum atomic E-state index is 12.5. The van der Waals surface area contributed by atoms with Gasteiger partial charge in [-0.2, -0.15) is 0 Å². The lowest BCUT2D eigenvalue weighted by molar-refractivity contribution is -0.146. The Morgan fingerprint density at radius 3 is 2.21 bits per heavy atom. The van der Waals surface area contributed by atoms with Gasteiger partial charge in [0.05, 0.1) is 5.92 Å². The van der Waals surface area contributed by atoms with Gasteiger partial charge in [-0.25, -0.2) is 0 Å². The number of likely N-dealkylation sites (tertiary alicyclic amines) is 1. The van der Waals surface area contributed by atoms with E-state index in [1.165, 1.54) is 6.42 Å². The highest BCUT2D eigenvalue weighted by molar-refractivity contribution is 5.79.